The summed E-state index contributed by atoms with van der Waals surface area (Å²) in [7, 11) is 2.02. The molecule has 0 radical (unpaired) electrons. The van der Waals surface area contributed by atoms with Crippen LogP contribution in [0.25, 0.3) is 10.8 Å². The molecule has 0 bridgehead atoms. The number of nitrogens with one attached hydrogen (secondary N) is 1. The number of benzene rings is 2. The largest absolute Gasteiger partial charge is 0.319 e. The van der Waals surface area contributed by atoms with E-state index in [0.29, 0.717) is 5.92 Å². The molecular formula is C19H20N2. The average molecular weight is 276 g/mol. The van der Waals surface area contributed by atoms with Gasteiger partial charge in [-0.2, -0.15) is 0 Å². The van der Waals surface area contributed by atoms with Gasteiger partial charge < -0.3 is 5.32 Å². The Morgan fingerprint density at radius 3 is 2.67 bits per heavy atom. The first-order chi connectivity index (χ1) is 10.4. The maximum absolute atomic E-state index is 4.22. The second-order valence-corrected chi connectivity index (χ2v) is 5.38. The number of fused-ring (bicyclic) bond motifs is 1. The summed E-state index contributed by atoms with van der Waals surface area (Å²) in [4.78, 5) is 4.22. The highest BCUT2D eigenvalue weighted by Crippen LogP contribution is 2.25. The molecule has 0 saturated heterocycles. The van der Waals surface area contributed by atoms with E-state index < -0.39 is 0 Å². The maximum Gasteiger partial charge on any atom is 0.0346 e. The van der Waals surface area contributed by atoms with Crippen molar-refractivity contribution in [2.45, 2.75) is 12.3 Å². The molecule has 1 atom stereocenters. The Labute approximate surface area is 125 Å². The van der Waals surface area contributed by atoms with Crippen molar-refractivity contribution in [1.29, 1.82) is 0 Å². The molecule has 2 nitrogen and oxygen atoms in total. The lowest BCUT2D eigenvalue weighted by Gasteiger charge is -2.18. The number of pyridine rings is 1. The number of hydrogen-bond acceptors (Lipinski definition) is 2. The van der Waals surface area contributed by atoms with Gasteiger partial charge >= 0.3 is 0 Å². The third-order valence-corrected chi connectivity index (χ3v) is 3.96. The minimum atomic E-state index is 0.481. The first-order valence-electron chi connectivity index (χ1n) is 7.39. The molecule has 106 valence electrons. The molecule has 2 heteroatoms. The SMILES string of the molecule is CNCC(Cc1cccc2cnccc12)c1ccccc1. The summed E-state index contributed by atoms with van der Waals surface area (Å²) in [6.07, 6.45) is 4.85. The van der Waals surface area contributed by atoms with Crippen LogP contribution in [-0.2, 0) is 6.42 Å². The van der Waals surface area contributed by atoms with Crippen molar-refractivity contribution in [3.63, 3.8) is 0 Å². The molecule has 1 N–H and O–H groups in total. The van der Waals surface area contributed by atoms with Crippen molar-refractivity contribution in [3.8, 4) is 0 Å². The first kappa shape index (κ1) is 13.8. The summed E-state index contributed by atoms with van der Waals surface area (Å²) in [6.45, 7) is 0.978. The number of nitrogens with zero attached hydrogens (tertiary/aromatic N) is 1. The fourth-order valence-corrected chi connectivity index (χ4v) is 2.91. The molecule has 1 aromatic heterocycles. The standard InChI is InChI=1S/C19H20N2/c1-20-13-18(15-6-3-2-4-7-15)12-16-8-5-9-17-14-21-11-10-19(16)17/h2-11,14,18,20H,12-13H2,1H3. The zero-order valence-corrected chi connectivity index (χ0v) is 12.3. The van der Waals surface area contributed by atoms with E-state index in [9.17, 15) is 0 Å². The number of rotatable bonds is 5. The monoisotopic (exact) mass is 276 g/mol. The van der Waals surface area contributed by atoms with E-state index >= 15 is 0 Å². The lowest BCUT2D eigenvalue weighted by molar-refractivity contribution is 0.627. The van der Waals surface area contributed by atoms with E-state index in [1.165, 1.54) is 21.9 Å². The molecule has 0 spiro atoms. The smallest absolute Gasteiger partial charge is 0.0346 e. The Hall–Kier alpha value is -2.19. The van der Waals surface area contributed by atoms with E-state index in [4.69, 9.17) is 0 Å². The van der Waals surface area contributed by atoms with Crippen LogP contribution in [0.3, 0.4) is 0 Å². The third-order valence-electron chi connectivity index (χ3n) is 3.96. The van der Waals surface area contributed by atoms with Crippen molar-refractivity contribution in [2.75, 3.05) is 13.6 Å². The zero-order valence-electron chi connectivity index (χ0n) is 12.3. The molecule has 0 aliphatic rings. The number of aromatic nitrogens is 1. The highest BCUT2D eigenvalue weighted by molar-refractivity contribution is 5.84. The van der Waals surface area contributed by atoms with Gasteiger partial charge in [-0.1, -0.05) is 48.5 Å². The highest BCUT2D eigenvalue weighted by atomic mass is 14.8. The molecular weight excluding hydrogens is 256 g/mol. The van der Waals surface area contributed by atoms with Crippen LogP contribution in [0.5, 0.6) is 0 Å². The van der Waals surface area contributed by atoms with E-state index in [2.05, 4.69) is 64.9 Å². The predicted octanol–water partition coefficient (Wildman–Crippen LogP) is 3.78. The fourth-order valence-electron chi connectivity index (χ4n) is 2.91. The molecule has 0 aliphatic heterocycles. The molecule has 2 aromatic carbocycles. The van der Waals surface area contributed by atoms with Crippen molar-refractivity contribution in [2.24, 2.45) is 0 Å². The quantitative estimate of drug-likeness (QED) is 0.767. The molecule has 0 saturated carbocycles. The van der Waals surface area contributed by atoms with Crippen LogP contribution >= 0.6 is 0 Å². The number of likely N-dealkylation sites (N-methyl/N-ethyl adjacent to an activating group) is 1. The number of hydrogen-bond donors (Lipinski definition) is 1. The lowest BCUT2D eigenvalue weighted by atomic mass is 9.90. The molecule has 0 aliphatic carbocycles. The van der Waals surface area contributed by atoms with Crippen LogP contribution in [0.4, 0.5) is 0 Å². The van der Waals surface area contributed by atoms with E-state index in [0.717, 1.165) is 13.0 Å². The fraction of sp³-hybridized carbons (Fsp3) is 0.211. The van der Waals surface area contributed by atoms with Gasteiger partial charge in [-0.05, 0) is 36.0 Å². The van der Waals surface area contributed by atoms with Gasteiger partial charge in [-0.15, -0.1) is 0 Å². The van der Waals surface area contributed by atoms with E-state index in [-0.39, 0.29) is 0 Å². The Morgan fingerprint density at radius 2 is 1.86 bits per heavy atom. The van der Waals surface area contributed by atoms with Crippen LogP contribution in [0.1, 0.15) is 17.0 Å². The molecule has 21 heavy (non-hydrogen) atoms. The topological polar surface area (TPSA) is 24.9 Å². The van der Waals surface area contributed by atoms with Crippen LogP contribution in [0.15, 0.2) is 67.0 Å². The maximum atomic E-state index is 4.22. The van der Waals surface area contributed by atoms with Gasteiger partial charge in [0.1, 0.15) is 0 Å². The third kappa shape index (κ3) is 3.11. The van der Waals surface area contributed by atoms with Crippen LogP contribution < -0.4 is 5.32 Å². The molecule has 1 unspecified atom stereocenters. The van der Waals surface area contributed by atoms with Gasteiger partial charge in [-0.25, -0.2) is 0 Å². The Balaban J connectivity index is 1.95. The Morgan fingerprint density at radius 1 is 1.00 bits per heavy atom. The van der Waals surface area contributed by atoms with Gasteiger partial charge in [0.2, 0.25) is 0 Å². The van der Waals surface area contributed by atoms with Gasteiger partial charge in [0.15, 0.2) is 0 Å². The molecule has 3 aromatic rings. The van der Waals surface area contributed by atoms with Gasteiger partial charge in [0, 0.05) is 30.2 Å². The normalized spacial score (nSPS) is 12.4. The second-order valence-electron chi connectivity index (χ2n) is 5.38. The van der Waals surface area contributed by atoms with E-state index in [1.54, 1.807) is 0 Å². The second kappa shape index (κ2) is 6.51. The van der Waals surface area contributed by atoms with Crippen molar-refractivity contribution in [1.82, 2.24) is 10.3 Å². The minimum absolute atomic E-state index is 0.481. The van der Waals surface area contributed by atoms with Crippen molar-refractivity contribution >= 4 is 10.8 Å². The molecule has 3 rings (SSSR count). The molecule has 0 fully saturated rings. The van der Waals surface area contributed by atoms with Crippen LogP contribution in [-0.4, -0.2) is 18.6 Å². The van der Waals surface area contributed by atoms with Crippen molar-refractivity contribution < 1.29 is 0 Å². The van der Waals surface area contributed by atoms with Crippen LogP contribution in [0, 0.1) is 0 Å². The summed E-state index contributed by atoms with van der Waals surface area (Å²) in [5.41, 5.74) is 2.77. The Kier molecular flexibility index (Phi) is 4.27. The summed E-state index contributed by atoms with van der Waals surface area (Å²) in [6, 6.07) is 19.3. The minimum Gasteiger partial charge on any atom is -0.319 e. The van der Waals surface area contributed by atoms with Gasteiger partial charge in [0.25, 0.3) is 0 Å². The summed E-state index contributed by atoms with van der Waals surface area (Å²) < 4.78 is 0. The Bertz CT molecular complexity index is 702. The molecule has 1 heterocycles. The zero-order chi connectivity index (χ0) is 14.5. The lowest BCUT2D eigenvalue weighted by Crippen LogP contribution is -2.19. The summed E-state index contributed by atoms with van der Waals surface area (Å²) >= 11 is 0. The predicted molar refractivity (Wildman–Crippen MR) is 88.6 cm³/mol. The average Bonchev–Trinajstić information content (AvgIpc) is 2.55. The molecule has 0 amide bonds. The van der Waals surface area contributed by atoms with Crippen LogP contribution in [0.2, 0.25) is 0 Å². The summed E-state index contributed by atoms with van der Waals surface area (Å²) in [5, 5.41) is 5.85. The van der Waals surface area contributed by atoms with Gasteiger partial charge in [-0.3, -0.25) is 4.98 Å². The van der Waals surface area contributed by atoms with Crippen molar-refractivity contribution in [3.05, 3.63) is 78.1 Å². The highest BCUT2D eigenvalue weighted by Gasteiger charge is 2.13. The van der Waals surface area contributed by atoms with Gasteiger partial charge in [0.05, 0.1) is 0 Å². The summed E-state index contributed by atoms with van der Waals surface area (Å²) in [5.74, 6) is 0.481. The van der Waals surface area contributed by atoms with E-state index in [1.807, 2.05) is 19.4 Å². The first-order valence-corrected chi connectivity index (χ1v) is 7.39.